The van der Waals surface area contributed by atoms with Gasteiger partial charge >= 0.3 is 0 Å². The summed E-state index contributed by atoms with van der Waals surface area (Å²) in [7, 11) is -3.83. The molecule has 2 N–H and O–H groups in total. The average molecular weight is 381 g/mol. The van der Waals surface area contributed by atoms with E-state index in [4.69, 9.17) is 0 Å². The molecule has 0 atom stereocenters. The molecule has 0 aliphatic rings. The second kappa shape index (κ2) is 6.85. The van der Waals surface area contributed by atoms with Gasteiger partial charge in [-0.2, -0.15) is 0 Å². The fourth-order valence-electron chi connectivity index (χ4n) is 1.51. The molecule has 5 nitrogen and oxygen atoms in total. The maximum absolute atomic E-state index is 13.3. The first-order chi connectivity index (χ1) is 9.51. The standard InChI is InChI=1S/C13H18BrFN2O3S/c1-13(2,3)17-12(18)6-7-16-21(19,20)9-4-5-10(14)11(15)8-9/h4-5,8,16H,6-7H2,1-3H3,(H,17,18). The summed E-state index contributed by atoms with van der Waals surface area (Å²) in [4.78, 5) is 11.4. The van der Waals surface area contributed by atoms with Crippen LogP contribution in [-0.2, 0) is 14.8 Å². The minimum Gasteiger partial charge on any atom is -0.351 e. The Kier molecular flexibility index (Phi) is 5.89. The molecule has 0 spiro atoms. The van der Waals surface area contributed by atoms with Crippen LogP contribution in [0.5, 0.6) is 0 Å². The van der Waals surface area contributed by atoms with Gasteiger partial charge in [0.15, 0.2) is 0 Å². The van der Waals surface area contributed by atoms with Crippen molar-refractivity contribution in [1.82, 2.24) is 10.0 Å². The van der Waals surface area contributed by atoms with E-state index >= 15 is 0 Å². The maximum atomic E-state index is 13.3. The molecule has 0 bridgehead atoms. The van der Waals surface area contributed by atoms with Crippen molar-refractivity contribution in [3.8, 4) is 0 Å². The topological polar surface area (TPSA) is 75.3 Å². The summed E-state index contributed by atoms with van der Waals surface area (Å²) in [5.41, 5.74) is -0.370. The number of benzene rings is 1. The van der Waals surface area contributed by atoms with E-state index < -0.39 is 15.8 Å². The molecule has 0 heterocycles. The quantitative estimate of drug-likeness (QED) is 0.821. The first-order valence-corrected chi connectivity index (χ1v) is 8.54. The molecule has 1 rings (SSSR count). The van der Waals surface area contributed by atoms with Crippen LogP contribution in [0.2, 0.25) is 0 Å². The predicted molar refractivity (Wildman–Crippen MR) is 81.8 cm³/mol. The summed E-state index contributed by atoms with van der Waals surface area (Å²) in [6.07, 6.45) is 0.00943. The molecule has 1 amide bonds. The van der Waals surface area contributed by atoms with Crippen LogP contribution in [0, 0.1) is 5.82 Å². The zero-order valence-electron chi connectivity index (χ0n) is 12.0. The molecular formula is C13H18BrFN2O3S. The van der Waals surface area contributed by atoms with Gasteiger partial charge in [0.1, 0.15) is 5.82 Å². The van der Waals surface area contributed by atoms with Crippen molar-refractivity contribution in [3.05, 3.63) is 28.5 Å². The van der Waals surface area contributed by atoms with Gasteiger partial charge < -0.3 is 5.32 Å². The van der Waals surface area contributed by atoms with Crippen LogP contribution in [0.25, 0.3) is 0 Å². The zero-order chi connectivity index (χ0) is 16.3. The van der Waals surface area contributed by atoms with E-state index in [0.29, 0.717) is 0 Å². The van der Waals surface area contributed by atoms with Crippen molar-refractivity contribution in [2.45, 2.75) is 37.6 Å². The van der Waals surface area contributed by atoms with Gasteiger partial charge in [0.25, 0.3) is 0 Å². The van der Waals surface area contributed by atoms with E-state index in [2.05, 4.69) is 26.0 Å². The minimum atomic E-state index is -3.83. The molecule has 0 aliphatic carbocycles. The zero-order valence-corrected chi connectivity index (χ0v) is 14.4. The van der Waals surface area contributed by atoms with Crippen LogP contribution < -0.4 is 10.0 Å². The number of carbonyl (C=O) groups is 1. The van der Waals surface area contributed by atoms with Gasteiger partial charge in [-0.25, -0.2) is 17.5 Å². The van der Waals surface area contributed by atoms with Crippen LogP contribution in [0.4, 0.5) is 4.39 Å². The van der Waals surface area contributed by atoms with Gasteiger partial charge in [0, 0.05) is 18.5 Å². The number of nitrogens with one attached hydrogen (secondary N) is 2. The second-order valence-electron chi connectivity index (χ2n) is 5.52. The van der Waals surface area contributed by atoms with E-state index in [1.165, 1.54) is 12.1 Å². The number of hydrogen-bond donors (Lipinski definition) is 2. The van der Waals surface area contributed by atoms with Crippen molar-refractivity contribution in [1.29, 1.82) is 0 Å². The van der Waals surface area contributed by atoms with Crippen LogP contribution >= 0.6 is 15.9 Å². The van der Waals surface area contributed by atoms with Crippen LogP contribution in [0.15, 0.2) is 27.6 Å². The van der Waals surface area contributed by atoms with E-state index in [1.807, 2.05) is 20.8 Å². The molecule has 0 saturated heterocycles. The lowest BCUT2D eigenvalue weighted by molar-refractivity contribution is -0.122. The first kappa shape index (κ1) is 18.1. The van der Waals surface area contributed by atoms with Crippen molar-refractivity contribution >= 4 is 31.9 Å². The molecule has 118 valence electrons. The monoisotopic (exact) mass is 380 g/mol. The van der Waals surface area contributed by atoms with Crippen molar-refractivity contribution < 1.29 is 17.6 Å². The average Bonchev–Trinajstić information content (AvgIpc) is 2.29. The highest BCUT2D eigenvalue weighted by Gasteiger charge is 2.17. The lowest BCUT2D eigenvalue weighted by atomic mass is 10.1. The lowest BCUT2D eigenvalue weighted by Gasteiger charge is -2.20. The number of sulfonamides is 1. The molecule has 0 unspecified atom stereocenters. The Morgan fingerprint density at radius 1 is 1.33 bits per heavy atom. The Morgan fingerprint density at radius 2 is 1.95 bits per heavy atom. The van der Waals surface area contributed by atoms with Crippen LogP contribution in [-0.4, -0.2) is 26.4 Å². The van der Waals surface area contributed by atoms with Gasteiger partial charge in [0.05, 0.1) is 9.37 Å². The van der Waals surface area contributed by atoms with E-state index in [1.54, 1.807) is 0 Å². The Labute approximate surface area is 132 Å². The SMILES string of the molecule is CC(C)(C)NC(=O)CCNS(=O)(=O)c1ccc(Br)c(F)c1. The smallest absolute Gasteiger partial charge is 0.240 e. The maximum Gasteiger partial charge on any atom is 0.240 e. The van der Waals surface area contributed by atoms with Gasteiger partial charge in [0.2, 0.25) is 15.9 Å². The van der Waals surface area contributed by atoms with E-state index in [0.717, 1.165) is 6.07 Å². The Balaban J connectivity index is 2.61. The molecule has 0 aliphatic heterocycles. The Bertz CT molecular complexity index is 627. The third-order valence-electron chi connectivity index (χ3n) is 2.36. The van der Waals surface area contributed by atoms with Crippen molar-refractivity contribution in [2.24, 2.45) is 0 Å². The summed E-state index contributed by atoms with van der Waals surface area (Å²) in [6.45, 7) is 5.45. The second-order valence-corrected chi connectivity index (χ2v) is 8.14. The number of halogens is 2. The normalized spacial score (nSPS) is 12.2. The van der Waals surface area contributed by atoms with Crippen LogP contribution in [0.3, 0.4) is 0 Å². The molecule has 0 radical (unpaired) electrons. The summed E-state index contributed by atoms with van der Waals surface area (Å²) >= 11 is 2.95. The van der Waals surface area contributed by atoms with Gasteiger partial charge in [-0.3, -0.25) is 4.79 Å². The third-order valence-corrected chi connectivity index (χ3v) is 4.46. The number of hydrogen-bond acceptors (Lipinski definition) is 3. The van der Waals surface area contributed by atoms with Gasteiger partial charge in [-0.1, -0.05) is 0 Å². The van der Waals surface area contributed by atoms with E-state index in [-0.39, 0.29) is 33.8 Å². The predicted octanol–water partition coefficient (Wildman–Crippen LogP) is 2.17. The highest BCUT2D eigenvalue weighted by molar-refractivity contribution is 9.10. The molecule has 1 aromatic carbocycles. The number of carbonyl (C=O) groups excluding carboxylic acids is 1. The number of amides is 1. The van der Waals surface area contributed by atoms with Gasteiger partial charge in [-0.05, 0) is 54.9 Å². The molecule has 1 aromatic rings. The molecule has 0 aromatic heterocycles. The third kappa shape index (κ3) is 6.11. The van der Waals surface area contributed by atoms with Crippen molar-refractivity contribution in [2.75, 3.05) is 6.54 Å². The first-order valence-electron chi connectivity index (χ1n) is 6.27. The molecular weight excluding hydrogens is 363 g/mol. The van der Waals surface area contributed by atoms with Gasteiger partial charge in [-0.15, -0.1) is 0 Å². The molecule has 0 saturated carbocycles. The highest BCUT2D eigenvalue weighted by Crippen LogP contribution is 2.19. The summed E-state index contributed by atoms with van der Waals surface area (Å²) in [5, 5.41) is 2.72. The fourth-order valence-corrected chi connectivity index (χ4v) is 2.80. The Hall–Kier alpha value is -0.990. The summed E-state index contributed by atoms with van der Waals surface area (Å²) in [5.74, 6) is -0.921. The summed E-state index contributed by atoms with van der Waals surface area (Å²) < 4.78 is 39.7. The minimum absolute atomic E-state index is 0.00943. The van der Waals surface area contributed by atoms with Crippen molar-refractivity contribution in [3.63, 3.8) is 0 Å². The molecule has 21 heavy (non-hydrogen) atoms. The lowest BCUT2D eigenvalue weighted by Crippen LogP contribution is -2.41. The van der Waals surface area contributed by atoms with E-state index in [9.17, 15) is 17.6 Å². The number of rotatable bonds is 5. The Morgan fingerprint density at radius 3 is 2.48 bits per heavy atom. The molecule has 8 heteroatoms. The fraction of sp³-hybridized carbons (Fsp3) is 0.462. The summed E-state index contributed by atoms with van der Waals surface area (Å²) in [6, 6.07) is 3.52. The highest BCUT2D eigenvalue weighted by atomic mass is 79.9. The largest absolute Gasteiger partial charge is 0.351 e. The van der Waals surface area contributed by atoms with Crippen LogP contribution in [0.1, 0.15) is 27.2 Å². The molecule has 0 fully saturated rings.